The molecule has 0 saturated heterocycles. The Labute approximate surface area is 166 Å². The highest BCUT2D eigenvalue weighted by molar-refractivity contribution is 5.93. The number of rotatable bonds is 9. The van der Waals surface area contributed by atoms with Gasteiger partial charge in [-0.05, 0) is 0 Å². The van der Waals surface area contributed by atoms with E-state index in [1.165, 1.54) is 51.7 Å². The fourth-order valence-electron chi connectivity index (χ4n) is 2.54. The molecule has 10 nitrogen and oxygen atoms in total. The van der Waals surface area contributed by atoms with Crippen molar-refractivity contribution < 1.29 is 33.5 Å². The number of nitrogens with zero attached hydrogens (tertiary/aromatic N) is 1. The number of amides is 1. The van der Waals surface area contributed by atoms with Crippen molar-refractivity contribution >= 4 is 23.3 Å². The molecule has 29 heavy (non-hydrogen) atoms. The number of esters is 1. The molecule has 1 N–H and O–H groups in total. The van der Waals surface area contributed by atoms with Crippen LogP contribution in [-0.2, 0) is 20.7 Å². The predicted molar refractivity (Wildman–Crippen MR) is 102 cm³/mol. The zero-order valence-electron chi connectivity index (χ0n) is 16.1. The zero-order valence-corrected chi connectivity index (χ0v) is 16.1. The van der Waals surface area contributed by atoms with Crippen molar-refractivity contribution in [2.75, 3.05) is 33.3 Å². The van der Waals surface area contributed by atoms with Gasteiger partial charge in [-0.2, -0.15) is 0 Å². The van der Waals surface area contributed by atoms with Gasteiger partial charge in [0, 0.05) is 29.4 Å². The maximum atomic E-state index is 12.1. The summed E-state index contributed by atoms with van der Waals surface area (Å²) in [6.07, 6.45) is -0.325. The average Bonchev–Trinajstić information content (AvgIpc) is 2.71. The first-order chi connectivity index (χ1) is 13.9. The molecule has 0 aliphatic carbocycles. The number of para-hydroxylation sites is 1. The standard InChI is InChI=1S/C19H20N2O8/c1-26-15-9-13(10-16(27-2)19(15)28-3)20-17(22)11-29-18(23)8-12-6-4-5-7-14(12)21(24)25/h4-7,9-10H,8,11H2,1-3H3,(H,20,22). The molecule has 0 aromatic heterocycles. The minimum absolute atomic E-state index is 0.189. The number of nitrogens with one attached hydrogen (secondary N) is 1. The van der Waals surface area contributed by atoms with Crippen LogP contribution in [0.3, 0.4) is 0 Å². The van der Waals surface area contributed by atoms with Crippen LogP contribution in [0.5, 0.6) is 17.2 Å². The maximum Gasteiger partial charge on any atom is 0.311 e. The predicted octanol–water partition coefficient (Wildman–Crippen LogP) is 2.34. The second-order valence-electron chi connectivity index (χ2n) is 5.69. The molecule has 0 fully saturated rings. The molecule has 0 atom stereocenters. The Morgan fingerprint density at radius 2 is 1.66 bits per heavy atom. The number of benzene rings is 2. The van der Waals surface area contributed by atoms with Crippen LogP contribution >= 0.6 is 0 Å². The van der Waals surface area contributed by atoms with Crippen LogP contribution in [0.25, 0.3) is 0 Å². The van der Waals surface area contributed by atoms with Crippen molar-refractivity contribution in [1.82, 2.24) is 0 Å². The first-order valence-corrected chi connectivity index (χ1v) is 8.37. The number of nitro benzene ring substituents is 1. The van der Waals surface area contributed by atoms with Gasteiger partial charge in [0.15, 0.2) is 18.1 Å². The highest BCUT2D eigenvalue weighted by atomic mass is 16.6. The lowest BCUT2D eigenvalue weighted by atomic mass is 10.1. The Kier molecular flexibility index (Phi) is 7.35. The lowest BCUT2D eigenvalue weighted by Crippen LogP contribution is -2.22. The average molecular weight is 404 g/mol. The maximum absolute atomic E-state index is 12.1. The van der Waals surface area contributed by atoms with E-state index in [4.69, 9.17) is 18.9 Å². The van der Waals surface area contributed by atoms with Crippen LogP contribution in [-0.4, -0.2) is 44.7 Å². The molecule has 10 heteroatoms. The summed E-state index contributed by atoms with van der Waals surface area (Å²) >= 11 is 0. The second-order valence-corrected chi connectivity index (χ2v) is 5.69. The normalized spacial score (nSPS) is 10.0. The molecule has 0 aliphatic heterocycles. The molecule has 0 saturated carbocycles. The van der Waals surface area contributed by atoms with Crippen LogP contribution < -0.4 is 19.5 Å². The number of carbonyl (C=O) groups is 2. The highest BCUT2D eigenvalue weighted by Crippen LogP contribution is 2.39. The van der Waals surface area contributed by atoms with E-state index in [-0.39, 0.29) is 17.7 Å². The topological polar surface area (TPSA) is 126 Å². The van der Waals surface area contributed by atoms with Crippen LogP contribution in [0, 0.1) is 10.1 Å². The smallest absolute Gasteiger partial charge is 0.311 e. The van der Waals surface area contributed by atoms with Gasteiger partial charge < -0.3 is 24.3 Å². The third-order valence-electron chi connectivity index (χ3n) is 3.84. The molecular formula is C19H20N2O8. The molecule has 0 heterocycles. The van der Waals surface area contributed by atoms with E-state index < -0.39 is 23.4 Å². The summed E-state index contributed by atoms with van der Waals surface area (Å²) in [6, 6.07) is 8.86. The molecule has 0 bridgehead atoms. The van der Waals surface area contributed by atoms with Crippen molar-refractivity contribution in [1.29, 1.82) is 0 Å². The molecule has 1 amide bonds. The molecule has 2 aromatic carbocycles. The third kappa shape index (κ3) is 5.58. The summed E-state index contributed by atoms with van der Waals surface area (Å²) in [5.74, 6) is -0.315. The monoisotopic (exact) mass is 404 g/mol. The van der Waals surface area contributed by atoms with Crippen molar-refractivity contribution in [3.63, 3.8) is 0 Å². The Hall–Kier alpha value is -3.82. The van der Waals surface area contributed by atoms with E-state index in [1.807, 2.05) is 0 Å². The Bertz CT molecular complexity index is 888. The van der Waals surface area contributed by atoms with Crippen molar-refractivity contribution in [2.24, 2.45) is 0 Å². The highest BCUT2D eigenvalue weighted by Gasteiger charge is 2.18. The zero-order chi connectivity index (χ0) is 21.4. The largest absolute Gasteiger partial charge is 0.493 e. The van der Waals surface area contributed by atoms with E-state index in [2.05, 4.69) is 5.32 Å². The summed E-state index contributed by atoms with van der Waals surface area (Å²) in [4.78, 5) is 34.4. The fourth-order valence-corrected chi connectivity index (χ4v) is 2.54. The van der Waals surface area contributed by atoms with Gasteiger partial charge in [0.1, 0.15) is 0 Å². The Morgan fingerprint density at radius 3 is 2.21 bits per heavy atom. The number of hydrogen-bond acceptors (Lipinski definition) is 8. The SMILES string of the molecule is COc1cc(NC(=O)COC(=O)Cc2ccccc2[N+](=O)[O-])cc(OC)c1OC. The van der Waals surface area contributed by atoms with Crippen molar-refractivity contribution in [2.45, 2.75) is 6.42 Å². The van der Waals surface area contributed by atoms with Crippen LogP contribution in [0.15, 0.2) is 36.4 Å². The first kappa shape index (κ1) is 21.5. The number of ether oxygens (including phenoxy) is 4. The summed E-state index contributed by atoms with van der Waals surface area (Å²) in [5.41, 5.74) is 0.359. The molecule has 0 spiro atoms. The van der Waals surface area contributed by atoms with Crippen molar-refractivity contribution in [3.05, 3.63) is 52.1 Å². The summed E-state index contributed by atoms with van der Waals surface area (Å²) in [7, 11) is 4.33. The molecule has 2 rings (SSSR count). The van der Waals surface area contributed by atoms with Gasteiger partial charge in [-0.15, -0.1) is 0 Å². The molecule has 0 aliphatic rings. The lowest BCUT2D eigenvalue weighted by Gasteiger charge is -2.14. The lowest BCUT2D eigenvalue weighted by molar-refractivity contribution is -0.385. The van der Waals surface area contributed by atoms with Crippen LogP contribution in [0.2, 0.25) is 0 Å². The second kappa shape index (κ2) is 9.93. The van der Waals surface area contributed by atoms with E-state index in [1.54, 1.807) is 6.07 Å². The summed E-state index contributed by atoms with van der Waals surface area (Å²) in [5, 5.41) is 13.5. The van der Waals surface area contributed by atoms with Crippen molar-refractivity contribution in [3.8, 4) is 17.2 Å². The molecule has 2 aromatic rings. The number of methoxy groups -OCH3 is 3. The molecular weight excluding hydrogens is 384 g/mol. The number of carbonyl (C=O) groups excluding carboxylic acids is 2. The minimum Gasteiger partial charge on any atom is -0.493 e. The van der Waals surface area contributed by atoms with E-state index in [0.29, 0.717) is 22.9 Å². The van der Waals surface area contributed by atoms with Gasteiger partial charge in [-0.25, -0.2) is 0 Å². The first-order valence-electron chi connectivity index (χ1n) is 8.37. The minimum atomic E-state index is -0.764. The third-order valence-corrected chi connectivity index (χ3v) is 3.84. The number of hydrogen-bond donors (Lipinski definition) is 1. The van der Waals surface area contributed by atoms with E-state index in [0.717, 1.165) is 0 Å². The molecule has 0 radical (unpaired) electrons. The Balaban J connectivity index is 1.98. The number of nitro groups is 1. The summed E-state index contributed by atoms with van der Waals surface area (Å²) in [6.45, 7) is -0.559. The fraction of sp³-hybridized carbons (Fsp3) is 0.263. The number of anilines is 1. The van der Waals surface area contributed by atoms with Crippen LogP contribution in [0.4, 0.5) is 11.4 Å². The van der Waals surface area contributed by atoms with Gasteiger partial charge in [0.2, 0.25) is 5.75 Å². The summed E-state index contributed by atoms with van der Waals surface area (Å²) < 4.78 is 20.5. The van der Waals surface area contributed by atoms with Gasteiger partial charge in [-0.1, -0.05) is 18.2 Å². The van der Waals surface area contributed by atoms with Crippen LogP contribution in [0.1, 0.15) is 5.56 Å². The van der Waals surface area contributed by atoms with Gasteiger partial charge in [0.25, 0.3) is 11.6 Å². The molecule has 0 unspecified atom stereocenters. The van der Waals surface area contributed by atoms with E-state index >= 15 is 0 Å². The quantitative estimate of drug-likeness (QED) is 0.383. The van der Waals surface area contributed by atoms with Gasteiger partial charge in [-0.3, -0.25) is 19.7 Å². The van der Waals surface area contributed by atoms with Gasteiger partial charge in [0.05, 0.1) is 32.7 Å². The Morgan fingerprint density at radius 1 is 1.03 bits per heavy atom. The van der Waals surface area contributed by atoms with Gasteiger partial charge >= 0.3 is 5.97 Å². The van der Waals surface area contributed by atoms with E-state index in [9.17, 15) is 19.7 Å². The molecule has 154 valence electrons.